The lowest BCUT2D eigenvalue weighted by atomic mass is 10.1. The summed E-state index contributed by atoms with van der Waals surface area (Å²) in [7, 11) is 0. The minimum Gasteiger partial charge on any atom is -0.372 e. The summed E-state index contributed by atoms with van der Waals surface area (Å²) in [6.07, 6.45) is 0.703. The van der Waals surface area contributed by atoms with Crippen LogP contribution in [-0.2, 0) is 14.3 Å². The topological polar surface area (TPSA) is 62.2 Å². The first-order chi connectivity index (χ1) is 11.8. The second-order valence-corrected chi connectivity index (χ2v) is 7.01. The molecule has 6 nitrogen and oxygen atoms in total. The van der Waals surface area contributed by atoms with E-state index in [0.29, 0.717) is 31.6 Å². The van der Waals surface area contributed by atoms with Gasteiger partial charge < -0.3 is 9.64 Å². The number of amides is 2. The van der Waals surface area contributed by atoms with Crippen molar-refractivity contribution in [2.24, 2.45) is 5.10 Å². The minimum atomic E-state index is -0.0928. The summed E-state index contributed by atoms with van der Waals surface area (Å²) in [4.78, 5) is 27.0. The quantitative estimate of drug-likeness (QED) is 0.828. The average Bonchev–Trinajstić information content (AvgIpc) is 2.56. The molecule has 1 fully saturated rings. The maximum Gasteiger partial charge on any atom is 0.270 e. The van der Waals surface area contributed by atoms with Crippen LogP contribution in [0.5, 0.6) is 0 Å². The van der Waals surface area contributed by atoms with E-state index in [1.54, 1.807) is 4.90 Å². The molecule has 0 N–H and O–H groups in total. The molecule has 134 valence electrons. The zero-order valence-electron chi connectivity index (χ0n) is 15.3. The van der Waals surface area contributed by atoms with E-state index in [2.05, 4.69) is 5.10 Å². The summed E-state index contributed by atoms with van der Waals surface area (Å²) in [5.41, 5.74) is 3.21. The molecular formula is C19H25N3O3. The summed E-state index contributed by atoms with van der Waals surface area (Å²) in [5.74, 6) is -0.168. The molecule has 0 saturated carbocycles. The number of hydrogen-bond acceptors (Lipinski definition) is 4. The number of hydrogen-bond donors (Lipinski definition) is 0. The molecule has 0 spiro atoms. The standard InChI is InChI=1S/C19H25N3O3/c1-12-5-6-13(2)17(9-12)22-18(23)8-7-16(20-22)19(24)21-10-14(3)25-15(4)11-21/h5-6,9,14-15H,7-8,10-11H2,1-4H3. The van der Waals surface area contributed by atoms with E-state index in [9.17, 15) is 9.59 Å². The van der Waals surface area contributed by atoms with E-state index < -0.39 is 0 Å². The molecule has 1 aromatic carbocycles. The summed E-state index contributed by atoms with van der Waals surface area (Å²) in [6, 6.07) is 5.90. The second kappa shape index (κ2) is 6.96. The van der Waals surface area contributed by atoms with Crippen LogP contribution in [0.15, 0.2) is 23.3 Å². The van der Waals surface area contributed by atoms with E-state index in [1.165, 1.54) is 5.01 Å². The number of carbonyl (C=O) groups excluding carboxylic acids is 2. The third-order valence-electron chi connectivity index (χ3n) is 4.58. The number of hydrazone groups is 1. The molecule has 2 aliphatic heterocycles. The lowest BCUT2D eigenvalue weighted by Crippen LogP contribution is -2.51. The van der Waals surface area contributed by atoms with Crippen LogP contribution in [0.2, 0.25) is 0 Å². The molecular weight excluding hydrogens is 318 g/mol. The van der Waals surface area contributed by atoms with Crippen molar-refractivity contribution in [3.63, 3.8) is 0 Å². The maximum absolute atomic E-state index is 12.9. The van der Waals surface area contributed by atoms with Crippen molar-refractivity contribution < 1.29 is 14.3 Å². The minimum absolute atomic E-state index is 0.00800. The Morgan fingerprint density at radius 1 is 1.16 bits per heavy atom. The molecule has 2 unspecified atom stereocenters. The fourth-order valence-corrected chi connectivity index (χ4v) is 3.37. The van der Waals surface area contributed by atoms with E-state index in [4.69, 9.17) is 4.74 Å². The summed E-state index contributed by atoms with van der Waals surface area (Å²) < 4.78 is 5.69. The first-order valence-electron chi connectivity index (χ1n) is 8.77. The van der Waals surface area contributed by atoms with Gasteiger partial charge in [-0.1, -0.05) is 12.1 Å². The van der Waals surface area contributed by atoms with Crippen LogP contribution in [0.25, 0.3) is 0 Å². The van der Waals surface area contributed by atoms with E-state index in [0.717, 1.165) is 16.8 Å². The normalized spacial score (nSPS) is 24.3. The van der Waals surface area contributed by atoms with Gasteiger partial charge in [0, 0.05) is 25.9 Å². The zero-order valence-corrected chi connectivity index (χ0v) is 15.3. The number of anilines is 1. The van der Waals surface area contributed by atoms with Gasteiger partial charge in [0.25, 0.3) is 5.91 Å². The Balaban J connectivity index is 1.88. The van der Waals surface area contributed by atoms with Crippen molar-refractivity contribution in [3.8, 4) is 0 Å². The van der Waals surface area contributed by atoms with Crippen molar-refractivity contribution in [1.82, 2.24) is 4.90 Å². The number of nitrogens with zero attached hydrogens (tertiary/aromatic N) is 3. The predicted octanol–water partition coefficient (Wildman–Crippen LogP) is 2.42. The fraction of sp³-hybridized carbons (Fsp3) is 0.526. The van der Waals surface area contributed by atoms with Crippen LogP contribution in [-0.4, -0.2) is 47.7 Å². The van der Waals surface area contributed by atoms with Crippen molar-refractivity contribution in [1.29, 1.82) is 0 Å². The smallest absolute Gasteiger partial charge is 0.270 e. The molecule has 6 heteroatoms. The number of ether oxygens (including phenoxy) is 1. The highest BCUT2D eigenvalue weighted by Crippen LogP contribution is 2.26. The van der Waals surface area contributed by atoms with Crippen LogP contribution in [0, 0.1) is 13.8 Å². The highest BCUT2D eigenvalue weighted by Gasteiger charge is 2.32. The summed E-state index contributed by atoms with van der Waals surface area (Å²) in [5, 5.41) is 5.82. The summed E-state index contributed by atoms with van der Waals surface area (Å²) in [6.45, 7) is 8.96. The van der Waals surface area contributed by atoms with Crippen LogP contribution in [0.3, 0.4) is 0 Å². The van der Waals surface area contributed by atoms with E-state index >= 15 is 0 Å². The predicted molar refractivity (Wildman–Crippen MR) is 96.7 cm³/mol. The van der Waals surface area contributed by atoms with Gasteiger partial charge in [-0.05, 0) is 44.9 Å². The third kappa shape index (κ3) is 3.74. The number of carbonyl (C=O) groups is 2. The first kappa shape index (κ1) is 17.6. The van der Waals surface area contributed by atoms with E-state index in [1.807, 2.05) is 45.9 Å². The SMILES string of the molecule is Cc1ccc(C)c(N2N=C(C(=O)N3CC(C)OC(C)C3)CCC2=O)c1. The lowest BCUT2D eigenvalue weighted by molar-refractivity contribution is -0.136. The van der Waals surface area contributed by atoms with Crippen LogP contribution < -0.4 is 5.01 Å². The summed E-state index contributed by atoms with van der Waals surface area (Å²) >= 11 is 0. The molecule has 0 aliphatic carbocycles. The van der Waals surface area contributed by atoms with Gasteiger partial charge in [0.05, 0.1) is 17.9 Å². The van der Waals surface area contributed by atoms with Crippen LogP contribution in [0.4, 0.5) is 5.69 Å². The van der Waals surface area contributed by atoms with Gasteiger partial charge in [-0.15, -0.1) is 0 Å². The Morgan fingerprint density at radius 2 is 1.84 bits per heavy atom. The van der Waals surface area contributed by atoms with Gasteiger partial charge in [-0.3, -0.25) is 9.59 Å². The van der Waals surface area contributed by atoms with Gasteiger partial charge in [-0.2, -0.15) is 5.10 Å². The fourth-order valence-electron chi connectivity index (χ4n) is 3.37. The monoisotopic (exact) mass is 343 g/mol. The van der Waals surface area contributed by atoms with Gasteiger partial charge in [0.15, 0.2) is 0 Å². The highest BCUT2D eigenvalue weighted by atomic mass is 16.5. The Morgan fingerprint density at radius 3 is 2.52 bits per heavy atom. The second-order valence-electron chi connectivity index (χ2n) is 7.01. The maximum atomic E-state index is 12.9. The van der Waals surface area contributed by atoms with Gasteiger partial charge >= 0.3 is 0 Å². The molecule has 2 amide bonds. The Bertz CT molecular complexity index is 719. The molecule has 2 aliphatic rings. The molecule has 1 saturated heterocycles. The number of rotatable bonds is 2. The largest absolute Gasteiger partial charge is 0.372 e. The first-order valence-corrected chi connectivity index (χ1v) is 8.77. The molecule has 1 aromatic rings. The van der Waals surface area contributed by atoms with Crippen molar-refractivity contribution >= 4 is 23.2 Å². The molecule has 3 rings (SSSR count). The van der Waals surface area contributed by atoms with Crippen LogP contribution >= 0.6 is 0 Å². The average molecular weight is 343 g/mol. The zero-order chi connectivity index (χ0) is 18.1. The Hall–Kier alpha value is -2.21. The van der Waals surface area contributed by atoms with Gasteiger partial charge in [0.1, 0.15) is 5.71 Å². The van der Waals surface area contributed by atoms with Crippen LogP contribution in [0.1, 0.15) is 37.8 Å². The Labute approximate surface area is 148 Å². The molecule has 0 aromatic heterocycles. The Kier molecular flexibility index (Phi) is 4.90. The molecule has 2 atom stereocenters. The number of benzene rings is 1. The van der Waals surface area contributed by atoms with Gasteiger partial charge in [-0.25, -0.2) is 5.01 Å². The molecule has 2 heterocycles. The van der Waals surface area contributed by atoms with Crippen molar-refractivity contribution in [2.75, 3.05) is 18.1 Å². The molecule has 0 radical (unpaired) electrons. The molecule has 0 bridgehead atoms. The number of aryl methyl sites for hydroxylation is 2. The third-order valence-corrected chi connectivity index (χ3v) is 4.58. The van der Waals surface area contributed by atoms with Crippen molar-refractivity contribution in [3.05, 3.63) is 29.3 Å². The van der Waals surface area contributed by atoms with Crippen molar-refractivity contribution in [2.45, 2.75) is 52.7 Å². The van der Waals surface area contributed by atoms with Gasteiger partial charge in [0.2, 0.25) is 5.91 Å². The molecule has 25 heavy (non-hydrogen) atoms. The number of morpholine rings is 1. The lowest BCUT2D eigenvalue weighted by Gasteiger charge is -2.36. The highest BCUT2D eigenvalue weighted by molar-refractivity contribution is 6.40. The van der Waals surface area contributed by atoms with E-state index in [-0.39, 0.29) is 24.0 Å².